The molecule has 32 valence electrons. The van der Waals surface area contributed by atoms with Crippen LogP contribution in [0.25, 0.3) is 10.4 Å². The van der Waals surface area contributed by atoms with E-state index in [0.29, 0.717) is 0 Å². The van der Waals surface area contributed by atoms with Gasteiger partial charge in [-0.2, -0.15) is 0 Å². The van der Waals surface area contributed by atoms with Gasteiger partial charge in [0.05, 0.1) is 0 Å². The van der Waals surface area contributed by atoms with E-state index in [2.05, 4.69) is 8.73 Å². The van der Waals surface area contributed by atoms with Gasteiger partial charge in [-0.05, 0) is 0 Å². The van der Waals surface area contributed by atoms with E-state index in [0.717, 1.165) is 0 Å². The molecule has 0 aliphatic heterocycles. The first-order valence-corrected chi connectivity index (χ1v) is 7.74. The fraction of sp³-hybridized carbons (Fsp3) is 1.00. The summed E-state index contributed by atoms with van der Waals surface area (Å²) >= 11 is -1.34. The Hall–Kier alpha value is -0.0536. The van der Waals surface area contributed by atoms with Crippen molar-refractivity contribution in [3.63, 3.8) is 0 Å². The summed E-state index contributed by atoms with van der Waals surface area (Å²) in [5, 5.41) is 0. The number of azide groups is 1. The van der Waals surface area contributed by atoms with E-state index in [1.807, 2.05) is 11.0 Å². The fourth-order valence-electron chi connectivity index (χ4n) is 0.103. The van der Waals surface area contributed by atoms with Crippen LogP contribution in [0.4, 0.5) is 0 Å². The van der Waals surface area contributed by atoms with Gasteiger partial charge < -0.3 is 0 Å². The van der Waals surface area contributed by atoms with Crippen molar-refractivity contribution in [2.45, 2.75) is 11.0 Å². The molecule has 0 spiro atoms. The molecular formula is C2H6GaN3. The molecule has 0 fully saturated rings. The van der Waals surface area contributed by atoms with Crippen LogP contribution in [0.2, 0.25) is 11.0 Å². The first-order chi connectivity index (χ1) is 2.77. The molecule has 0 aromatic heterocycles. The number of nitrogens with zero attached hydrogens (tertiary/aromatic N) is 3. The summed E-state index contributed by atoms with van der Waals surface area (Å²) in [4.78, 5) is 2.64. The minimum atomic E-state index is -1.34. The maximum atomic E-state index is 7.74. The van der Waals surface area contributed by atoms with Crippen LogP contribution in [0.3, 0.4) is 0 Å². The van der Waals surface area contributed by atoms with E-state index >= 15 is 0 Å². The van der Waals surface area contributed by atoms with Crippen molar-refractivity contribution >= 4 is 16.5 Å². The molecule has 0 rings (SSSR count). The summed E-state index contributed by atoms with van der Waals surface area (Å²) in [6, 6.07) is 0. The van der Waals surface area contributed by atoms with Crippen molar-refractivity contribution in [1.29, 1.82) is 0 Å². The Bertz CT molecular complexity index is 72.9. The monoisotopic (exact) mass is 141 g/mol. The van der Waals surface area contributed by atoms with Gasteiger partial charge in [0, 0.05) is 0 Å². The molecule has 0 aromatic carbocycles. The van der Waals surface area contributed by atoms with Gasteiger partial charge in [-0.25, -0.2) is 0 Å². The minimum absolute atomic E-state index is 1.34. The Labute approximate surface area is 42.3 Å². The first kappa shape index (κ1) is 5.95. The molecule has 0 aliphatic rings. The molecule has 0 amide bonds. The molecule has 6 heavy (non-hydrogen) atoms. The Morgan fingerprint density at radius 2 is 2.17 bits per heavy atom. The van der Waals surface area contributed by atoms with E-state index in [4.69, 9.17) is 5.53 Å². The number of rotatable bonds is 1. The van der Waals surface area contributed by atoms with Crippen molar-refractivity contribution in [3.8, 4) is 0 Å². The molecular weight excluding hydrogens is 136 g/mol. The van der Waals surface area contributed by atoms with Gasteiger partial charge in [0.25, 0.3) is 0 Å². The zero-order valence-corrected chi connectivity index (χ0v) is 6.34. The number of hydrogen-bond donors (Lipinski definition) is 0. The van der Waals surface area contributed by atoms with Crippen LogP contribution in [-0.4, -0.2) is 16.5 Å². The molecule has 0 atom stereocenters. The third-order valence-corrected chi connectivity index (χ3v) is 1.47. The first-order valence-electron chi connectivity index (χ1n) is 1.81. The molecule has 0 N–H and O–H groups in total. The van der Waals surface area contributed by atoms with Crippen LogP contribution in [-0.2, 0) is 0 Å². The van der Waals surface area contributed by atoms with Crippen molar-refractivity contribution in [3.05, 3.63) is 10.4 Å². The van der Waals surface area contributed by atoms with E-state index < -0.39 is 16.5 Å². The molecule has 0 bridgehead atoms. The van der Waals surface area contributed by atoms with E-state index in [1.165, 1.54) is 0 Å². The van der Waals surface area contributed by atoms with Crippen LogP contribution < -0.4 is 0 Å². The van der Waals surface area contributed by atoms with E-state index in [9.17, 15) is 0 Å². The standard InChI is InChI=1S/2CH3.Ga.N3/c;;;1-3-2/h2*1H3;;/q;;+1;-1. The molecule has 0 saturated heterocycles. The molecule has 3 nitrogen and oxygen atoms in total. The second kappa shape index (κ2) is 3.15. The fourth-order valence-corrected chi connectivity index (χ4v) is 0.537. The average Bonchev–Trinajstić information content (AvgIpc) is 1.35. The molecule has 0 saturated carbocycles. The summed E-state index contributed by atoms with van der Waals surface area (Å²) in [5.74, 6) is 0. The Kier molecular flexibility index (Phi) is 3.12. The van der Waals surface area contributed by atoms with Gasteiger partial charge in [0.1, 0.15) is 0 Å². The third-order valence-electron chi connectivity index (χ3n) is 0.283. The van der Waals surface area contributed by atoms with Crippen LogP contribution in [0.15, 0.2) is 3.82 Å². The summed E-state index contributed by atoms with van der Waals surface area (Å²) in [6.45, 7) is 0. The van der Waals surface area contributed by atoms with Crippen LogP contribution in [0, 0.1) is 0 Å². The summed E-state index contributed by atoms with van der Waals surface area (Å²) < 4.78 is 3.49. The van der Waals surface area contributed by atoms with Crippen LogP contribution in [0.5, 0.6) is 0 Å². The third kappa shape index (κ3) is 3.95. The van der Waals surface area contributed by atoms with Crippen molar-refractivity contribution in [2.24, 2.45) is 3.82 Å². The molecule has 0 unspecified atom stereocenters. The Balaban J connectivity index is 3.29. The Morgan fingerprint density at radius 3 is 2.17 bits per heavy atom. The van der Waals surface area contributed by atoms with E-state index in [-0.39, 0.29) is 0 Å². The second-order valence-corrected chi connectivity index (χ2v) is 6.37. The Morgan fingerprint density at radius 1 is 1.67 bits per heavy atom. The molecule has 0 aromatic rings. The van der Waals surface area contributed by atoms with E-state index in [1.54, 1.807) is 0 Å². The van der Waals surface area contributed by atoms with Gasteiger partial charge >= 0.3 is 41.7 Å². The van der Waals surface area contributed by atoms with Gasteiger partial charge in [0.15, 0.2) is 0 Å². The number of hydrogen-bond acceptors (Lipinski definition) is 1. The van der Waals surface area contributed by atoms with Gasteiger partial charge in [-0.15, -0.1) is 0 Å². The van der Waals surface area contributed by atoms with Crippen molar-refractivity contribution in [1.82, 2.24) is 0 Å². The zero-order valence-electron chi connectivity index (χ0n) is 3.92. The predicted molar refractivity (Wildman–Crippen MR) is 26.6 cm³/mol. The van der Waals surface area contributed by atoms with Gasteiger partial charge in [-0.3, -0.25) is 0 Å². The van der Waals surface area contributed by atoms with Gasteiger partial charge in [0.2, 0.25) is 0 Å². The van der Waals surface area contributed by atoms with Gasteiger partial charge in [-0.1, -0.05) is 0 Å². The molecule has 0 aliphatic carbocycles. The zero-order chi connectivity index (χ0) is 4.99. The normalized spacial score (nSPS) is 6.33. The summed E-state index contributed by atoms with van der Waals surface area (Å²) in [7, 11) is 0. The average molecular weight is 142 g/mol. The van der Waals surface area contributed by atoms with Crippen molar-refractivity contribution in [2.75, 3.05) is 0 Å². The van der Waals surface area contributed by atoms with Crippen molar-refractivity contribution < 1.29 is 0 Å². The molecule has 0 heterocycles. The molecule has 0 radical (unpaired) electrons. The predicted octanol–water partition coefficient (Wildman–Crippen LogP) is 1.55. The van der Waals surface area contributed by atoms with Crippen LogP contribution in [0.1, 0.15) is 0 Å². The maximum absolute atomic E-state index is 7.74. The summed E-state index contributed by atoms with van der Waals surface area (Å²) in [5.41, 5.74) is 11.8. The quantitative estimate of drug-likeness (QED) is 0.230. The topological polar surface area (TPSA) is 48.8 Å². The van der Waals surface area contributed by atoms with Crippen LogP contribution >= 0.6 is 0 Å². The SMILES string of the molecule is [CH3][Ga]([CH3])[N]=[N+]=[N-]. The second-order valence-electron chi connectivity index (χ2n) is 1.30. The molecule has 4 heteroatoms. The summed E-state index contributed by atoms with van der Waals surface area (Å²) in [6.07, 6.45) is 0.